The van der Waals surface area contributed by atoms with Crippen LogP contribution < -0.4 is 11.2 Å². The summed E-state index contributed by atoms with van der Waals surface area (Å²) >= 11 is 0. The summed E-state index contributed by atoms with van der Waals surface area (Å²) < 4.78 is 4.04. The van der Waals surface area contributed by atoms with Gasteiger partial charge in [0.2, 0.25) is 0 Å². The lowest BCUT2D eigenvalue weighted by Crippen LogP contribution is -2.37. The van der Waals surface area contributed by atoms with Crippen molar-refractivity contribution in [3.05, 3.63) is 69.1 Å². The quantitative estimate of drug-likeness (QED) is 0.511. The molecule has 0 bridgehead atoms. The van der Waals surface area contributed by atoms with Gasteiger partial charge in [0.05, 0.1) is 6.33 Å². The zero-order valence-corrected chi connectivity index (χ0v) is 15.4. The Bertz CT molecular complexity index is 1330. The number of benzene rings is 2. The summed E-state index contributed by atoms with van der Waals surface area (Å²) in [6.07, 6.45) is 1.52. The van der Waals surface area contributed by atoms with Crippen LogP contribution in [-0.4, -0.2) is 34.9 Å². The maximum absolute atomic E-state index is 11.7. The molecular formula is C19H18N4O5. The molecule has 0 spiro atoms. The third kappa shape index (κ3) is 3.02. The number of hydrogen-bond acceptors (Lipinski definition) is 5. The predicted octanol–water partition coefficient (Wildman–Crippen LogP) is 1.21. The van der Waals surface area contributed by atoms with Crippen LogP contribution in [0.5, 0.6) is 5.75 Å². The van der Waals surface area contributed by atoms with Crippen LogP contribution in [0.25, 0.3) is 21.9 Å². The standard InChI is InChI=1S/C11H8O3.C8H10N4O2/c12-10-8-4-2-1-3-7(8)5-6-9(10)11(13)14;1-10-4-9-6-5(10)7(13)12(3)8(14)11(6)2/h1-6,12H,(H,13,14);4H,1-3H3. The van der Waals surface area contributed by atoms with E-state index in [1.54, 1.807) is 36.9 Å². The predicted molar refractivity (Wildman–Crippen MR) is 104 cm³/mol. The van der Waals surface area contributed by atoms with Crippen LogP contribution >= 0.6 is 0 Å². The average molecular weight is 382 g/mol. The molecule has 4 rings (SSSR count). The molecule has 0 aliphatic rings. The van der Waals surface area contributed by atoms with Gasteiger partial charge in [-0.15, -0.1) is 0 Å². The maximum atomic E-state index is 11.7. The topological polar surface area (TPSA) is 119 Å². The highest BCUT2D eigenvalue weighted by Crippen LogP contribution is 2.28. The SMILES string of the molecule is Cn1c(=O)c2c(ncn2C)n(C)c1=O.O=C(O)c1ccc2ccccc2c1O. The van der Waals surface area contributed by atoms with E-state index in [2.05, 4.69) is 4.98 Å². The van der Waals surface area contributed by atoms with Gasteiger partial charge in [0, 0.05) is 26.5 Å². The lowest BCUT2D eigenvalue weighted by Gasteiger charge is -2.03. The smallest absolute Gasteiger partial charge is 0.339 e. The zero-order valence-electron chi connectivity index (χ0n) is 15.4. The molecule has 0 fully saturated rings. The van der Waals surface area contributed by atoms with E-state index in [-0.39, 0.29) is 22.6 Å². The number of aromatic hydroxyl groups is 1. The van der Waals surface area contributed by atoms with E-state index in [9.17, 15) is 19.5 Å². The molecule has 0 saturated carbocycles. The molecule has 2 aromatic carbocycles. The highest BCUT2D eigenvalue weighted by atomic mass is 16.4. The van der Waals surface area contributed by atoms with Gasteiger partial charge in [-0.2, -0.15) is 0 Å². The highest BCUT2D eigenvalue weighted by molar-refractivity contribution is 6.00. The molecule has 2 aromatic heterocycles. The van der Waals surface area contributed by atoms with Gasteiger partial charge in [-0.05, 0) is 11.5 Å². The lowest BCUT2D eigenvalue weighted by molar-refractivity contribution is 0.0694. The summed E-state index contributed by atoms with van der Waals surface area (Å²) in [5.41, 5.74) is 0.114. The Morgan fingerprint density at radius 2 is 1.68 bits per heavy atom. The number of carboxylic acid groups (broad SMARTS) is 1. The van der Waals surface area contributed by atoms with E-state index in [1.807, 2.05) is 12.1 Å². The summed E-state index contributed by atoms with van der Waals surface area (Å²) in [5, 5.41) is 19.8. The van der Waals surface area contributed by atoms with E-state index in [0.717, 1.165) is 9.95 Å². The van der Waals surface area contributed by atoms with E-state index >= 15 is 0 Å². The molecule has 0 unspecified atom stereocenters. The van der Waals surface area contributed by atoms with Gasteiger partial charge in [0.1, 0.15) is 11.3 Å². The van der Waals surface area contributed by atoms with Crippen molar-refractivity contribution in [2.24, 2.45) is 21.1 Å². The summed E-state index contributed by atoms with van der Waals surface area (Å²) in [6, 6.07) is 10.2. The van der Waals surface area contributed by atoms with E-state index < -0.39 is 5.97 Å². The van der Waals surface area contributed by atoms with Crippen LogP contribution in [0.15, 0.2) is 52.3 Å². The number of fused-ring (bicyclic) bond motifs is 2. The number of carbonyl (C=O) groups is 1. The second-order valence-corrected chi connectivity index (χ2v) is 6.22. The molecule has 28 heavy (non-hydrogen) atoms. The fourth-order valence-corrected chi connectivity index (χ4v) is 2.90. The number of aryl methyl sites for hydroxylation is 2. The molecule has 0 atom stereocenters. The number of aromatic carboxylic acids is 1. The monoisotopic (exact) mass is 382 g/mol. The molecule has 2 N–H and O–H groups in total. The van der Waals surface area contributed by atoms with Crippen molar-refractivity contribution in [1.82, 2.24) is 18.7 Å². The first kappa shape index (κ1) is 18.9. The molecule has 9 heteroatoms. The molecule has 0 radical (unpaired) electrons. The van der Waals surface area contributed by atoms with Crippen molar-refractivity contribution < 1.29 is 15.0 Å². The van der Waals surface area contributed by atoms with Gasteiger partial charge in [-0.25, -0.2) is 14.6 Å². The zero-order chi connectivity index (χ0) is 20.6. The van der Waals surface area contributed by atoms with Gasteiger partial charge >= 0.3 is 11.7 Å². The van der Waals surface area contributed by atoms with Crippen LogP contribution in [0.1, 0.15) is 10.4 Å². The summed E-state index contributed by atoms with van der Waals surface area (Å²) in [6.45, 7) is 0. The second-order valence-electron chi connectivity index (χ2n) is 6.22. The number of rotatable bonds is 1. The first-order valence-electron chi connectivity index (χ1n) is 8.25. The fourth-order valence-electron chi connectivity index (χ4n) is 2.90. The van der Waals surface area contributed by atoms with Gasteiger partial charge < -0.3 is 14.8 Å². The van der Waals surface area contributed by atoms with Crippen LogP contribution in [0, 0.1) is 0 Å². The Balaban J connectivity index is 0.000000161. The number of phenols is 1. The minimum atomic E-state index is -1.12. The van der Waals surface area contributed by atoms with Crippen molar-refractivity contribution >= 4 is 27.9 Å². The number of imidazole rings is 1. The van der Waals surface area contributed by atoms with Gasteiger partial charge in [0.15, 0.2) is 11.2 Å². The van der Waals surface area contributed by atoms with E-state index in [1.165, 1.54) is 24.0 Å². The molecule has 2 heterocycles. The van der Waals surface area contributed by atoms with E-state index in [4.69, 9.17) is 5.11 Å². The van der Waals surface area contributed by atoms with E-state index in [0.29, 0.717) is 16.6 Å². The normalized spacial score (nSPS) is 10.7. The summed E-state index contributed by atoms with van der Waals surface area (Å²) in [7, 11) is 4.77. The average Bonchev–Trinajstić information content (AvgIpc) is 3.07. The molecular weight excluding hydrogens is 364 g/mol. The van der Waals surface area contributed by atoms with Crippen molar-refractivity contribution in [3.63, 3.8) is 0 Å². The Labute approximate surface area is 158 Å². The summed E-state index contributed by atoms with van der Waals surface area (Å²) in [4.78, 5) is 37.9. The van der Waals surface area contributed by atoms with Crippen molar-refractivity contribution in [2.45, 2.75) is 0 Å². The Hall–Kier alpha value is -3.88. The second kappa shape index (κ2) is 7.03. The van der Waals surface area contributed by atoms with Crippen molar-refractivity contribution in [3.8, 4) is 5.75 Å². The number of carboxylic acids is 1. The molecule has 0 aliphatic heterocycles. The van der Waals surface area contributed by atoms with Crippen LogP contribution in [0.3, 0.4) is 0 Å². The Kier molecular flexibility index (Phi) is 4.74. The van der Waals surface area contributed by atoms with Crippen LogP contribution in [0.2, 0.25) is 0 Å². The molecule has 9 nitrogen and oxygen atoms in total. The number of hydrogen-bond donors (Lipinski definition) is 2. The van der Waals surface area contributed by atoms with Crippen molar-refractivity contribution in [1.29, 1.82) is 0 Å². The highest BCUT2D eigenvalue weighted by Gasteiger charge is 2.12. The fraction of sp³-hybridized carbons (Fsp3) is 0.158. The Morgan fingerprint density at radius 3 is 2.36 bits per heavy atom. The van der Waals surface area contributed by atoms with Crippen molar-refractivity contribution in [2.75, 3.05) is 0 Å². The Morgan fingerprint density at radius 1 is 1.00 bits per heavy atom. The minimum absolute atomic E-state index is 0.0660. The molecule has 0 saturated heterocycles. The molecule has 0 amide bonds. The first-order chi connectivity index (χ1) is 13.2. The third-order valence-corrected chi connectivity index (χ3v) is 4.45. The van der Waals surface area contributed by atoms with Crippen LogP contribution in [0.4, 0.5) is 0 Å². The lowest BCUT2D eigenvalue weighted by atomic mass is 10.1. The number of nitrogens with zero attached hydrogens (tertiary/aromatic N) is 4. The first-order valence-corrected chi connectivity index (χ1v) is 8.25. The van der Waals surface area contributed by atoms with Gasteiger partial charge in [0.25, 0.3) is 5.56 Å². The number of aromatic nitrogens is 4. The van der Waals surface area contributed by atoms with Gasteiger partial charge in [-0.1, -0.05) is 30.3 Å². The van der Waals surface area contributed by atoms with Crippen LogP contribution in [-0.2, 0) is 21.1 Å². The maximum Gasteiger partial charge on any atom is 0.339 e. The molecule has 0 aliphatic carbocycles. The third-order valence-electron chi connectivity index (χ3n) is 4.45. The molecule has 4 aromatic rings. The summed E-state index contributed by atoms with van der Waals surface area (Å²) in [5.74, 6) is -1.29. The minimum Gasteiger partial charge on any atom is -0.506 e. The molecule has 144 valence electrons. The van der Waals surface area contributed by atoms with Gasteiger partial charge in [-0.3, -0.25) is 13.9 Å². The largest absolute Gasteiger partial charge is 0.506 e.